The molecule has 1 saturated carbocycles. The minimum Gasteiger partial charge on any atom is -0.0961 e. The van der Waals surface area contributed by atoms with Crippen LogP contribution in [0.3, 0.4) is 0 Å². The van der Waals surface area contributed by atoms with Gasteiger partial charge in [-0.05, 0) is 42.7 Å². The van der Waals surface area contributed by atoms with Crippen molar-refractivity contribution in [3.63, 3.8) is 0 Å². The third kappa shape index (κ3) is 3.60. The maximum Gasteiger partial charge on any atom is -0.0162 e. The lowest BCUT2D eigenvalue weighted by atomic mass is 9.79. The fourth-order valence-corrected chi connectivity index (χ4v) is 2.71. The molecule has 0 nitrogen and oxygen atoms in total. The topological polar surface area (TPSA) is 0 Å². The summed E-state index contributed by atoms with van der Waals surface area (Å²) in [5.41, 5.74) is 3.89. The second-order valence-electron chi connectivity index (χ2n) is 5.80. The Morgan fingerprint density at radius 1 is 1.11 bits per heavy atom. The molecule has 0 amide bonds. The third-order valence-corrected chi connectivity index (χ3v) is 3.98. The molecule has 0 aliphatic heterocycles. The normalized spacial score (nSPS) is 24.3. The van der Waals surface area contributed by atoms with Gasteiger partial charge in [0.2, 0.25) is 0 Å². The van der Waals surface area contributed by atoms with E-state index < -0.39 is 0 Å². The quantitative estimate of drug-likeness (QED) is 0.606. The Labute approximate surface area is 111 Å². The van der Waals surface area contributed by atoms with Crippen molar-refractivity contribution in [2.45, 2.75) is 45.4 Å². The van der Waals surface area contributed by atoms with Gasteiger partial charge in [0.1, 0.15) is 0 Å². The summed E-state index contributed by atoms with van der Waals surface area (Å²) in [4.78, 5) is 0. The first-order chi connectivity index (χ1) is 8.65. The molecule has 1 fully saturated rings. The van der Waals surface area contributed by atoms with Crippen molar-refractivity contribution < 1.29 is 0 Å². The summed E-state index contributed by atoms with van der Waals surface area (Å²) in [5, 5.41) is 0. The number of hydrogen-bond donors (Lipinski definition) is 0. The van der Waals surface area contributed by atoms with Crippen LogP contribution < -0.4 is 0 Å². The zero-order valence-corrected chi connectivity index (χ0v) is 11.7. The number of allylic oxidation sites excluding steroid dienone is 2. The van der Waals surface area contributed by atoms with E-state index in [0.29, 0.717) is 0 Å². The highest BCUT2D eigenvalue weighted by Gasteiger charge is 2.19. The van der Waals surface area contributed by atoms with Gasteiger partial charge in [-0.3, -0.25) is 0 Å². The third-order valence-electron chi connectivity index (χ3n) is 3.98. The monoisotopic (exact) mass is 240 g/mol. The van der Waals surface area contributed by atoms with E-state index in [1.54, 1.807) is 0 Å². The van der Waals surface area contributed by atoms with Crippen LogP contribution in [0.2, 0.25) is 0 Å². The molecule has 0 heteroatoms. The Kier molecular flexibility index (Phi) is 4.41. The predicted molar refractivity (Wildman–Crippen MR) is 80.7 cm³/mol. The van der Waals surface area contributed by atoms with E-state index in [0.717, 1.165) is 17.4 Å². The van der Waals surface area contributed by atoms with Crippen LogP contribution >= 0.6 is 0 Å². The van der Waals surface area contributed by atoms with Gasteiger partial charge >= 0.3 is 0 Å². The Bertz CT molecular complexity index is 414. The minimum absolute atomic E-state index is 0.792. The Morgan fingerprint density at radius 2 is 1.72 bits per heavy atom. The molecule has 1 aromatic carbocycles. The highest BCUT2D eigenvalue weighted by atomic mass is 14.2. The van der Waals surface area contributed by atoms with Crippen molar-refractivity contribution in [3.8, 4) is 0 Å². The van der Waals surface area contributed by atoms with Crippen molar-refractivity contribution in [3.05, 3.63) is 53.6 Å². The molecule has 1 aromatic rings. The highest BCUT2D eigenvalue weighted by molar-refractivity contribution is 5.52. The lowest BCUT2D eigenvalue weighted by Gasteiger charge is -2.26. The van der Waals surface area contributed by atoms with Gasteiger partial charge in [0.05, 0.1) is 0 Å². The van der Waals surface area contributed by atoms with Crippen LogP contribution in [-0.2, 0) is 0 Å². The number of rotatable bonds is 3. The summed E-state index contributed by atoms with van der Waals surface area (Å²) in [6, 6.07) is 9.07. The number of hydrogen-bond acceptors (Lipinski definition) is 0. The summed E-state index contributed by atoms with van der Waals surface area (Å²) in [5.74, 6) is 1.72. The predicted octanol–water partition coefficient (Wildman–Crippen LogP) is 5.57. The van der Waals surface area contributed by atoms with Gasteiger partial charge in [0, 0.05) is 0 Å². The average Bonchev–Trinajstić information content (AvgIpc) is 2.38. The summed E-state index contributed by atoms with van der Waals surface area (Å²) in [7, 11) is 0. The molecule has 96 valence electrons. The van der Waals surface area contributed by atoms with E-state index in [1.165, 1.54) is 36.8 Å². The van der Waals surface area contributed by atoms with Gasteiger partial charge < -0.3 is 0 Å². The van der Waals surface area contributed by atoms with Gasteiger partial charge in [-0.1, -0.05) is 68.3 Å². The van der Waals surface area contributed by atoms with E-state index in [2.05, 4.69) is 49.9 Å². The van der Waals surface area contributed by atoms with E-state index in [1.807, 2.05) is 6.92 Å². The minimum atomic E-state index is 0.792. The molecule has 0 bridgehead atoms. The van der Waals surface area contributed by atoms with Crippen LogP contribution in [0.4, 0.5) is 0 Å². The summed E-state index contributed by atoms with van der Waals surface area (Å²) in [6.45, 7) is 8.28. The van der Waals surface area contributed by atoms with Crippen LogP contribution in [0, 0.1) is 5.92 Å². The largest absolute Gasteiger partial charge is 0.0961 e. The molecule has 0 aromatic heterocycles. The highest BCUT2D eigenvalue weighted by Crippen LogP contribution is 2.35. The van der Waals surface area contributed by atoms with Crippen molar-refractivity contribution in [2.24, 2.45) is 5.92 Å². The van der Waals surface area contributed by atoms with Crippen molar-refractivity contribution in [1.29, 1.82) is 0 Å². The lowest BCUT2D eigenvalue weighted by molar-refractivity contribution is 0.348. The molecule has 0 N–H and O–H groups in total. The first-order valence-corrected chi connectivity index (χ1v) is 7.08. The summed E-state index contributed by atoms with van der Waals surface area (Å²) >= 11 is 0. The van der Waals surface area contributed by atoms with E-state index in [9.17, 15) is 0 Å². The fourth-order valence-electron chi connectivity index (χ4n) is 2.71. The average molecular weight is 240 g/mol. The van der Waals surface area contributed by atoms with Gasteiger partial charge in [0.15, 0.2) is 0 Å². The molecule has 1 aliphatic carbocycles. The van der Waals surface area contributed by atoms with Crippen molar-refractivity contribution in [2.75, 3.05) is 0 Å². The molecule has 0 saturated heterocycles. The maximum atomic E-state index is 3.88. The smallest absolute Gasteiger partial charge is 0.0162 e. The van der Waals surface area contributed by atoms with E-state index in [-0.39, 0.29) is 0 Å². The molecule has 18 heavy (non-hydrogen) atoms. The van der Waals surface area contributed by atoms with Crippen LogP contribution in [0.25, 0.3) is 6.08 Å². The number of benzene rings is 1. The first kappa shape index (κ1) is 13.1. The standard InChI is InChI=1S/C18H24/c1-14(2)4-7-16-8-12-18(13-9-16)17-10-5-15(3)6-11-17/h4,7-9,12-13,15,17H,1,5-6,10-11H2,2-3H3/b7-4+. The van der Waals surface area contributed by atoms with Crippen LogP contribution in [0.15, 0.2) is 42.5 Å². The molecule has 0 spiro atoms. The zero-order valence-electron chi connectivity index (χ0n) is 11.7. The molecule has 0 atom stereocenters. The molecule has 0 heterocycles. The van der Waals surface area contributed by atoms with Gasteiger partial charge in [0.25, 0.3) is 0 Å². The second kappa shape index (κ2) is 6.04. The van der Waals surface area contributed by atoms with E-state index >= 15 is 0 Å². The summed E-state index contributed by atoms with van der Waals surface area (Å²) < 4.78 is 0. The molecular formula is C18H24. The van der Waals surface area contributed by atoms with Crippen LogP contribution in [-0.4, -0.2) is 0 Å². The first-order valence-electron chi connectivity index (χ1n) is 7.08. The SMILES string of the molecule is C=C(C)/C=C/c1ccc(C2CCC(C)CC2)cc1. The second-order valence-corrected chi connectivity index (χ2v) is 5.80. The Balaban J connectivity index is 2.01. The Hall–Kier alpha value is -1.30. The van der Waals surface area contributed by atoms with Gasteiger partial charge in [-0.2, -0.15) is 0 Å². The van der Waals surface area contributed by atoms with Gasteiger partial charge in [-0.25, -0.2) is 0 Å². The molecule has 2 rings (SSSR count). The van der Waals surface area contributed by atoms with Crippen molar-refractivity contribution >= 4 is 6.08 Å². The maximum absolute atomic E-state index is 3.88. The molecule has 0 radical (unpaired) electrons. The van der Waals surface area contributed by atoms with Crippen LogP contribution in [0.5, 0.6) is 0 Å². The van der Waals surface area contributed by atoms with Gasteiger partial charge in [-0.15, -0.1) is 0 Å². The molecular weight excluding hydrogens is 216 g/mol. The van der Waals surface area contributed by atoms with E-state index in [4.69, 9.17) is 0 Å². The zero-order chi connectivity index (χ0) is 13.0. The van der Waals surface area contributed by atoms with Crippen molar-refractivity contribution in [1.82, 2.24) is 0 Å². The summed E-state index contributed by atoms with van der Waals surface area (Å²) in [6.07, 6.45) is 9.71. The van der Waals surface area contributed by atoms with Crippen LogP contribution in [0.1, 0.15) is 56.6 Å². The molecule has 0 unspecified atom stereocenters. The Morgan fingerprint density at radius 3 is 2.28 bits per heavy atom. The molecule has 1 aliphatic rings. The lowest BCUT2D eigenvalue weighted by Crippen LogP contribution is -2.10. The fraction of sp³-hybridized carbons (Fsp3) is 0.444.